The minimum atomic E-state index is 0.836. The van der Waals surface area contributed by atoms with Gasteiger partial charge in [-0.15, -0.1) is 0 Å². The molecule has 0 radical (unpaired) electrons. The fraction of sp³-hybridized carbons (Fsp3) is 0.455. The van der Waals surface area contributed by atoms with Crippen LogP contribution in [0.5, 0.6) is 0 Å². The Morgan fingerprint density at radius 3 is 2.42 bits per heavy atom. The zero-order valence-corrected chi connectivity index (χ0v) is 10.1. The van der Waals surface area contributed by atoms with Crippen molar-refractivity contribution in [3.05, 3.63) is 35.9 Å². The first kappa shape index (κ1) is 9.84. The normalized spacial score (nSPS) is 12.8. The van der Waals surface area contributed by atoms with E-state index in [1.165, 1.54) is 40.0 Å². The van der Waals surface area contributed by atoms with Crippen molar-refractivity contribution in [1.82, 2.24) is 0 Å². The molecule has 0 N–H and O–H groups in total. The maximum absolute atomic E-state index is 2.27. The summed E-state index contributed by atoms with van der Waals surface area (Å²) in [5, 5.41) is 1.40. The summed E-state index contributed by atoms with van der Waals surface area (Å²) in [5.74, 6) is 0.836. The smallest absolute Gasteiger partial charge is 0.0946 e. The fourth-order valence-electron chi connectivity index (χ4n) is 1.68. The summed E-state index contributed by atoms with van der Waals surface area (Å²) in [6, 6.07) is 10.9. The van der Waals surface area contributed by atoms with Crippen LogP contribution < -0.4 is 0 Å². The molecule has 0 saturated heterocycles. The van der Waals surface area contributed by atoms with E-state index in [1.807, 2.05) is 0 Å². The SMILES string of the molecule is CCCC([CH2][AlH2])c1ccccc1. The Kier molecular flexibility index (Phi) is 4.43. The Balaban J connectivity index is 2.66. The van der Waals surface area contributed by atoms with Gasteiger partial charge in [-0.3, -0.25) is 0 Å². The molecular weight excluding hydrogens is 159 g/mol. The first-order valence-electron chi connectivity index (χ1n) is 4.93. The van der Waals surface area contributed by atoms with Crippen molar-refractivity contribution in [2.45, 2.75) is 31.0 Å². The van der Waals surface area contributed by atoms with Gasteiger partial charge in [0, 0.05) is 0 Å². The molecule has 0 aliphatic rings. The maximum atomic E-state index is 2.27. The third-order valence-corrected chi connectivity index (χ3v) is 3.39. The Morgan fingerprint density at radius 2 is 1.92 bits per heavy atom. The second-order valence-corrected chi connectivity index (χ2v) is 4.12. The molecule has 0 spiro atoms. The predicted octanol–water partition coefficient (Wildman–Crippen LogP) is 2.62. The summed E-state index contributed by atoms with van der Waals surface area (Å²) in [6.07, 6.45) is 2.66. The van der Waals surface area contributed by atoms with Crippen molar-refractivity contribution in [1.29, 1.82) is 0 Å². The third-order valence-electron chi connectivity index (χ3n) is 2.40. The minimum Gasteiger partial charge on any atom is -0.0946 e. The number of hydrogen-bond donors (Lipinski definition) is 0. The Bertz CT molecular complexity index is 206. The van der Waals surface area contributed by atoms with Crippen molar-refractivity contribution in [2.75, 3.05) is 0 Å². The zero-order valence-electron chi connectivity index (χ0n) is 8.09. The second kappa shape index (κ2) is 5.41. The lowest BCUT2D eigenvalue weighted by atomic mass is 9.96. The maximum Gasteiger partial charge on any atom is 0.212 e. The van der Waals surface area contributed by atoms with Crippen LogP contribution in [0.3, 0.4) is 0 Å². The summed E-state index contributed by atoms with van der Waals surface area (Å²) < 4.78 is 0. The van der Waals surface area contributed by atoms with Gasteiger partial charge in [-0.1, -0.05) is 49.0 Å². The summed E-state index contributed by atoms with van der Waals surface area (Å²) in [7, 11) is 0. The van der Waals surface area contributed by atoms with Gasteiger partial charge in [0.25, 0.3) is 0 Å². The fourth-order valence-corrected chi connectivity index (χ4v) is 2.56. The largest absolute Gasteiger partial charge is 0.212 e. The summed E-state index contributed by atoms with van der Waals surface area (Å²) >= 11 is 1.32. The van der Waals surface area contributed by atoms with E-state index < -0.39 is 0 Å². The molecule has 1 heteroatoms. The number of rotatable bonds is 4. The van der Waals surface area contributed by atoms with Gasteiger partial charge in [0.05, 0.1) is 0 Å². The molecule has 0 aliphatic carbocycles. The first-order valence-corrected chi connectivity index (χ1v) is 6.34. The van der Waals surface area contributed by atoms with Crippen LogP contribution in [-0.4, -0.2) is 16.3 Å². The molecule has 12 heavy (non-hydrogen) atoms. The van der Waals surface area contributed by atoms with Crippen molar-refractivity contribution in [3.63, 3.8) is 0 Å². The van der Waals surface area contributed by atoms with E-state index in [2.05, 4.69) is 37.3 Å². The quantitative estimate of drug-likeness (QED) is 0.619. The van der Waals surface area contributed by atoms with Crippen LogP contribution in [0.25, 0.3) is 0 Å². The summed E-state index contributed by atoms with van der Waals surface area (Å²) in [4.78, 5) is 0. The van der Waals surface area contributed by atoms with Crippen molar-refractivity contribution < 1.29 is 0 Å². The van der Waals surface area contributed by atoms with E-state index in [0.29, 0.717) is 0 Å². The average Bonchev–Trinajstić information content (AvgIpc) is 2.15. The molecule has 0 saturated carbocycles. The van der Waals surface area contributed by atoms with Gasteiger partial charge in [-0.25, -0.2) is 0 Å². The molecule has 1 unspecified atom stereocenters. The van der Waals surface area contributed by atoms with Gasteiger partial charge in [-0.05, 0) is 17.9 Å². The van der Waals surface area contributed by atoms with Gasteiger partial charge in [0.2, 0.25) is 16.3 Å². The molecule has 1 aromatic carbocycles. The highest BCUT2D eigenvalue weighted by atomic mass is 27.0. The molecule has 0 heterocycles. The molecule has 0 bridgehead atoms. The summed E-state index contributed by atoms with van der Waals surface area (Å²) in [5.41, 5.74) is 1.54. The van der Waals surface area contributed by atoms with E-state index >= 15 is 0 Å². The van der Waals surface area contributed by atoms with E-state index in [-0.39, 0.29) is 0 Å². The molecular formula is C11H17Al. The van der Waals surface area contributed by atoms with Crippen LogP contribution in [0.15, 0.2) is 30.3 Å². The van der Waals surface area contributed by atoms with Crippen LogP contribution in [0.4, 0.5) is 0 Å². The summed E-state index contributed by atoms with van der Waals surface area (Å²) in [6.45, 7) is 2.27. The van der Waals surface area contributed by atoms with Crippen LogP contribution in [-0.2, 0) is 0 Å². The van der Waals surface area contributed by atoms with E-state index in [1.54, 1.807) is 0 Å². The Labute approximate surface area is 83.4 Å². The highest BCUT2D eigenvalue weighted by molar-refractivity contribution is 6.09. The molecule has 1 atom stereocenters. The molecule has 1 aromatic rings. The zero-order chi connectivity index (χ0) is 8.81. The van der Waals surface area contributed by atoms with Gasteiger partial charge in [0.1, 0.15) is 0 Å². The van der Waals surface area contributed by atoms with Crippen LogP contribution in [0.2, 0.25) is 5.28 Å². The Morgan fingerprint density at radius 1 is 1.25 bits per heavy atom. The lowest BCUT2D eigenvalue weighted by molar-refractivity contribution is 0.664. The van der Waals surface area contributed by atoms with E-state index in [9.17, 15) is 0 Å². The standard InChI is InChI=1S/C11H15.Al.2H/c1-3-7-10(2)11-8-5-4-6-9-11;;;/h4-6,8-10H,2-3,7H2,1H3;;;. The minimum absolute atomic E-state index is 0.836. The van der Waals surface area contributed by atoms with Crippen molar-refractivity contribution >= 4 is 16.3 Å². The highest BCUT2D eigenvalue weighted by Crippen LogP contribution is 2.23. The van der Waals surface area contributed by atoms with Gasteiger partial charge in [-0.2, -0.15) is 0 Å². The molecule has 0 fully saturated rings. The first-order chi connectivity index (χ1) is 5.88. The van der Waals surface area contributed by atoms with Crippen molar-refractivity contribution in [3.8, 4) is 0 Å². The molecule has 0 amide bonds. The lowest BCUT2D eigenvalue weighted by Gasteiger charge is -2.13. The van der Waals surface area contributed by atoms with E-state index in [0.717, 1.165) is 5.92 Å². The number of hydrogen-bond acceptors (Lipinski definition) is 0. The molecule has 1 rings (SSSR count). The topological polar surface area (TPSA) is 0 Å². The van der Waals surface area contributed by atoms with Crippen LogP contribution in [0, 0.1) is 0 Å². The molecule has 64 valence electrons. The van der Waals surface area contributed by atoms with Gasteiger partial charge >= 0.3 is 0 Å². The number of benzene rings is 1. The van der Waals surface area contributed by atoms with Crippen LogP contribution in [0.1, 0.15) is 31.2 Å². The molecule has 0 aliphatic heterocycles. The highest BCUT2D eigenvalue weighted by Gasteiger charge is 2.05. The van der Waals surface area contributed by atoms with Gasteiger partial charge < -0.3 is 0 Å². The van der Waals surface area contributed by atoms with Crippen molar-refractivity contribution in [2.24, 2.45) is 0 Å². The second-order valence-electron chi connectivity index (χ2n) is 3.30. The van der Waals surface area contributed by atoms with E-state index in [4.69, 9.17) is 0 Å². The Hall–Kier alpha value is -0.248. The third kappa shape index (κ3) is 2.66. The lowest BCUT2D eigenvalue weighted by Crippen LogP contribution is -1.96. The molecule has 0 nitrogen and oxygen atoms in total. The monoisotopic (exact) mass is 176 g/mol. The van der Waals surface area contributed by atoms with Gasteiger partial charge in [0.15, 0.2) is 0 Å². The molecule has 0 aromatic heterocycles. The predicted molar refractivity (Wildman–Crippen MR) is 57.4 cm³/mol. The van der Waals surface area contributed by atoms with Crippen LogP contribution >= 0.6 is 0 Å². The average molecular weight is 176 g/mol.